The Labute approximate surface area is 177 Å². The maximum atomic E-state index is 5.85. The standard InChI is InChI=1S/C23H28N4OS/c1-3-20(4-2)22-25-26-23(29)27(22)24-17-19-12-14-21(15-13-19)28-16-8-11-18-9-6-5-7-10-18/h5-7,9-10,12-15,17,20H,3-4,8,11,16H2,1-2H3,(H,26,29)/b24-17-. The number of H-pyrrole nitrogens is 1. The number of aromatic nitrogens is 3. The first-order chi connectivity index (χ1) is 14.2. The molecule has 0 unspecified atom stereocenters. The smallest absolute Gasteiger partial charge is 0.216 e. The Morgan fingerprint density at radius 3 is 2.52 bits per heavy atom. The van der Waals surface area contributed by atoms with E-state index in [0.717, 1.165) is 42.8 Å². The van der Waals surface area contributed by atoms with E-state index in [1.807, 2.05) is 30.3 Å². The summed E-state index contributed by atoms with van der Waals surface area (Å²) in [6.07, 6.45) is 5.82. The Bertz CT molecular complexity index is 957. The van der Waals surface area contributed by atoms with Crippen LogP contribution in [0.3, 0.4) is 0 Å². The maximum Gasteiger partial charge on any atom is 0.216 e. The van der Waals surface area contributed by atoms with Crippen LogP contribution in [0, 0.1) is 4.77 Å². The summed E-state index contributed by atoms with van der Waals surface area (Å²) in [5.74, 6) is 2.09. The van der Waals surface area contributed by atoms with Gasteiger partial charge < -0.3 is 4.74 Å². The molecule has 0 saturated heterocycles. The van der Waals surface area contributed by atoms with Gasteiger partial charge in [0.1, 0.15) is 5.75 Å². The Balaban J connectivity index is 1.55. The predicted octanol–water partition coefficient (Wildman–Crippen LogP) is 5.74. The van der Waals surface area contributed by atoms with Crippen LogP contribution in [0.15, 0.2) is 59.7 Å². The van der Waals surface area contributed by atoms with Crippen LogP contribution in [0.1, 0.15) is 56.0 Å². The van der Waals surface area contributed by atoms with Gasteiger partial charge in [-0.15, -0.1) is 0 Å². The van der Waals surface area contributed by atoms with E-state index in [1.54, 1.807) is 10.9 Å². The maximum absolute atomic E-state index is 5.85. The van der Waals surface area contributed by atoms with Gasteiger partial charge in [-0.25, -0.2) is 0 Å². The Hall–Kier alpha value is -2.73. The third-order valence-electron chi connectivity index (χ3n) is 4.95. The molecule has 152 valence electrons. The van der Waals surface area contributed by atoms with Gasteiger partial charge in [0, 0.05) is 5.92 Å². The summed E-state index contributed by atoms with van der Waals surface area (Å²) in [5.41, 5.74) is 2.33. The molecule has 1 aromatic heterocycles. The van der Waals surface area contributed by atoms with Gasteiger partial charge in [0.25, 0.3) is 0 Å². The van der Waals surface area contributed by atoms with Crippen molar-refractivity contribution in [2.24, 2.45) is 5.10 Å². The summed E-state index contributed by atoms with van der Waals surface area (Å²) in [4.78, 5) is 0. The number of nitrogens with zero attached hydrogens (tertiary/aromatic N) is 3. The monoisotopic (exact) mass is 408 g/mol. The van der Waals surface area contributed by atoms with Gasteiger partial charge in [0.05, 0.1) is 12.8 Å². The Morgan fingerprint density at radius 1 is 1.10 bits per heavy atom. The second-order valence-electron chi connectivity index (χ2n) is 6.96. The van der Waals surface area contributed by atoms with Gasteiger partial charge in [0.2, 0.25) is 4.77 Å². The first-order valence-electron chi connectivity index (χ1n) is 10.2. The van der Waals surface area contributed by atoms with Crippen molar-refractivity contribution < 1.29 is 4.74 Å². The van der Waals surface area contributed by atoms with E-state index < -0.39 is 0 Å². The van der Waals surface area contributed by atoms with Crippen LogP contribution in [0.2, 0.25) is 0 Å². The van der Waals surface area contributed by atoms with Crippen LogP contribution in [0.25, 0.3) is 0 Å². The molecule has 3 aromatic rings. The molecule has 2 aromatic carbocycles. The van der Waals surface area contributed by atoms with Crippen LogP contribution >= 0.6 is 12.2 Å². The first kappa shape index (κ1) is 21.0. The van der Waals surface area contributed by atoms with E-state index in [9.17, 15) is 0 Å². The van der Waals surface area contributed by atoms with E-state index in [4.69, 9.17) is 17.0 Å². The minimum atomic E-state index is 0.340. The van der Waals surface area contributed by atoms with Crippen molar-refractivity contribution in [2.75, 3.05) is 6.61 Å². The summed E-state index contributed by atoms with van der Waals surface area (Å²) in [6.45, 7) is 5.00. The molecule has 1 heterocycles. The molecule has 0 spiro atoms. The van der Waals surface area contributed by atoms with E-state index in [-0.39, 0.29) is 0 Å². The summed E-state index contributed by atoms with van der Waals surface area (Å²) < 4.78 is 8.09. The molecule has 0 amide bonds. The average molecular weight is 409 g/mol. The van der Waals surface area contributed by atoms with Gasteiger partial charge in [-0.3, -0.25) is 5.10 Å². The van der Waals surface area contributed by atoms with Gasteiger partial charge in [-0.1, -0.05) is 44.2 Å². The predicted molar refractivity (Wildman–Crippen MR) is 120 cm³/mol. The summed E-state index contributed by atoms with van der Waals surface area (Å²) in [7, 11) is 0. The molecule has 0 atom stereocenters. The molecule has 0 radical (unpaired) electrons. The summed E-state index contributed by atoms with van der Waals surface area (Å²) in [6, 6.07) is 18.4. The quantitative estimate of drug-likeness (QED) is 0.264. The van der Waals surface area contributed by atoms with Crippen molar-refractivity contribution >= 4 is 18.4 Å². The minimum absolute atomic E-state index is 0.340. The third-order valence-corrected chi connectivity index (χ3v) is 5.21. The highest BCUT2D eigenvalue weighted by Gasteiger charge is 2.14. The number of hydrogen-bond donors (Lipinski definition) is 1. The number of ether oxygens (including phenoxy) is 1. The number of nitrogens with one attached hydrogen (secondary N) is 1. The fourth-order valence-corrected chi connectivity index (χ4v) is 3.41. The molecular weight excluding hydrogens is 380 g/mol. The normalized spacial score (nSPS) is 11.4. The molecule has 0 aliphatic rings. The average Bonchev–Trinajstić information content (AvgIpc) is 3.12. The molecule has 0 aliphatic heterocycles. The molecule has 0 saturated carbocycles. The van der Waals surface area contributed by atoms with Crippen molar-refractivity contribution in [2.45, 2.75) is 45.4 Å². The summed E-state index contributed by atoms with van der Waals surface area (Å²) in [5, 5.41) is 11.8. The highest BCUT2D eigenvalue weighted by molar-refractivity contribution is 7.71. The van der Waals surface area contributed by atoms with Crippen LogP contribution in [-0.4, -0.2) is 27.7 Å². The molecule has 0 bridgehead atoms. The summed E-state index contributed by atoms with van der Waals surface area (Å²) >= 11 is 5.33. The van der Waals surface area contributed by atoms with E-state index in [1.165, 1.54) is 5.56 Å². The zero-order valence-corrected chi connectivity index (χ0v) is 17.9. The molecule has 5 nitrogen and oxygen atoms in total. The molecule has 6 heteroatoms. The largest absolute Gasteiger partial charge is 0.494 e. The van der Waals surface area contributed by atoms with Crippen molar-refractivity contribution in [1.29, 1.82) is 0 Å². The third kappa shape index (κ3) is 5.87. The molecule has 3 rings (SSSR count). The van der Waals surface area contributed by atoms with Crippen molar-refractivity contribution in [3.63, 3.8) is 0 Å². The van der Waals surface area contributed by atoms with E-state index in [0.29, 0.717) is 17.3 Å². The topological polar surface area (TPSA) is 55.2 Å². The lowest BCUT2D eigenvalue weighted by Gasteiger charge is -2.10. The number of aryl methyl sites for hydroxylation is 1. The zero-order chi connectivity index (χ0) is 20.5. The van der Waals surface area contributed by atoms with Crippen molar-refractivity contribution in [3.05, 3.63) is 76.3 Å². The number of hydrogen-bond acceptors (Lipinski definition) is 4. The van der Waals surface area contributed by atoms with E-state index >= 15 is 0 Å². The van der Waals surface area contributed by atoms with Gasteiger partial charge in [-0.05, 0) is 73.3 Å². The number of rotatable bonds is 10. The zero-order valence-electron chi connectivity index (χ0n) is 17.0. The van der Waals surface area contributed by atoms with Gasteiger partial charge >= 0.3 is 0 Å². The van der Waals surface area contributed by atoms with Gasteiger partial charge in [0.15, 0.2) is 5.82 Å². The SMILES string of the molecule is CCC(CC)c1n[nH]c(=S)n1/N=C\c1ccc(OCCCc2ccccc2)cc1. The highest BCUT2D eigenvalue weighted by Crippen LogP contribution is 2.21. The lowest BCUT2D eigenvalue weighted by atomic mass is 10.0. The fraction of sp³-hybridized carbons (Fsp3) is 0.348. The fourth-order valence-electron chi connectivity index (χ4n) is 3.22. The van der Waals surface area contributed by atoms with Crippen LogP contribution in [-0.2, 0) is 6.42 Å². The lowest BCUT2D eigenvalue weighted by Crippen LogP contribution is -2.05. The lowest BCUT2D eigenvalue weighted by molar-refractivity contribution is 0.311. The van der Waals surface area contributed by atoms with Gasteiger partial charge in [-0.2, -0.15) is 14.9 Å². The van der Waals surface area contributed by atoms with E-state index in [2.05, 4.69) is 53.4 Å². The molecule has 1 N–H and O–H groups in total. The molecular formula is C23H28N4OS. The van der Waals surface area contributed by atoms with Crippen molar-refractivity contribution in [3.8, 4) is 5.75 Å². The minimum Gasteiger partial charge on any atom is -0.494 e. The number of benzene rings is 2. The Morgan fingerprint density at radius 2 is 1.83 bits per heavy atom. The number of aromatic amines is 1. The molecule has 29 heavy (non-hydrogen) atoms. The first-order valence-corrected chi connectivity index (χ1v) is 10.6. The molecule has 0 aliphatic carbocycles. The molecule has 0 fully saturated rings. The van der Waals surface area contributed by atoms with Crippen LogP contribution < -0.4 is 4.74 Å². The van der Waals surface area contributed by atoms with Crippen LogP contribution in [0.5, 0.6) is 5.75 Å². The second-order valence-corrected chi connectivity index (χ2v) is 7.35. The highest BCUT2D eigenvalue weighted by atomic mass is 32.1. The Kier molecular flexibility index (Phi) is 7.76. The second kappa shape index (κ2) is 10.7. The van der Waals surface area contributed by atoms with Crippen molar-refractivity contribution in [1.82, 2.24) is 14.9 Å². The van der Waals surface area contributed by atoms with Crippen LogP contribution in [0.4, 0.5) is 0 Å².